The first-order chi connectivity index (χ1) is 11.7. The number of benzene rings is 2. The minimum atomic E-state index is -0.987. The van der Waals surface area contributed by atoms with Gasteiger partial charge in [0.1, 0.15) is 6.10 Å². The number of hydrogen-bond donors (Lipinski definition) is 3. The maximum atomic E-state index is 12.4. The first-order valence-electron chi connectivity index (χ1n) is 7.68. The topological polar surface area (TPSA) is 82.5 Å². The smallest absolute Gasteiger partial charge is 0.251 e. The standard InChI is InChI=1S/C19H18N2O3/c22-12-17(18(23)14-5-2-1-3-6-14)21-19(24)15-9-8-13-7-4-10-20-16(13)11-15/h1-11,17-18,22-23H,12H2,(H,21,24). The molecule has 0 bridgehead atoms. The maximum Gasteiger partial charge on any atom is 0.251 e. The molecule has 0 aliphatic heterocycles. The summed E-state index contributed by atoms with van der Waals surface area (Å²) in [5.74, 6) is -0.364. The molecule has 0 fully saturated rings. The molecule has 5 heteroatoms. The SMILES string of the molecule is O=C(NC(CO)C(O)c1ccccc1)c1ccc2cccnc2c1. The molecule has 2 unspecified atom stereocenters. The normalized spacial score (nSPS) is 13.4. The molecule has 0 saturated carbocycles. The number of pyridine rings is 1. The molecule has 3 aromatic rings. The Hall–Kier alpha value is -2.76. The molecule has 0 saturated heterocycles. The van der Waals surface area contributed by atoms with Crippen LogP contribution in [0.1, 0.15) is 22.0 Å². The zero-order valence-electron chi connectivity index (χ0n) is 13.0. The Labute approximate surface area is 139 Å². The molecule has 3 rings (SSSR count). The van der Waals surface area contributed by atoms with Crippen LogP contribution in [0.2, 0.25) is 0 Å². The molecule has 1 aromatic heterocycles. The Morgan fingerprint density at radius 3 is 2.62 bits per heavy atom. The van der Waals surface area contributed by atoms with Gasteiger partial charge in [0, 0.05) is 17.1 Å². The lowest BCUT2D eigenvalue weighted by atomic mass is 10.0. The van der Waals surface area contributed by atoms with E-state index in [0.29, 0.717) is 16.6 Å². The summed E-state index contributed by atoms with van der Waals surface area (Å²) in [5.41, 5.74) is 1.78. The highest BCUT2D eigenvalue weighted by Crippen LogP contribution is 2.18. The van der Waals surface area contributed by atoms with Crippen molar-refractivity contribution in [2.75, 3.05) is 6.61 Å². The quantitative estimate of drug-likeness (QED) is 0.671. The second kappa shape index (κ2) is 7.21. The number of amides is 1. The molecule has 2 aromatic carbocycles. The largest absolute Gasteiger partial charge is 0.394 e. The van der Waals surface area contributed by atoms with Crippen molar-refractivity contribution in [1.29, 1.82) is 0 Å². The van der Waals surface area contributed by atoms with Gasteiger partial charge in [-0.05, 0) is 23.8 Å². The van der Waals surface area contributed by atoms with Crippen LogP contribution in [-0.2, 0) is 0 Å². The van der Waals surface area contributed by atoms with E-state index < -0.39 is 12.1 Å². The minimum absolute atomic E-state index is 0.364. The molecule has 0 radical (unpaired) electrons. The third-order valence-electron chi connectivity index (χ3n) is 3.90. The molecule has 24 heavy (non-hydrogen) atoms. The average Bonchev–Trinajstić information content (AvgIpc) is 2.65. The summed E-state index contributed by atoms with van der Waals surface area (Å²) >= 11 is 0. The van der Waals surface area contributed by atoms with Crippen molar-refractivity contribution in [3.05, 3.63) is 78.0 Å². The van der Waals surface area contributed by atoms with E-state index >= 15 is 0 Å². The summed E-state index contributed by atoms with van der Waals surface area (Å²) in [7, 11) is 0. The number of fused-ring (bicyclic) bond motifs is 1. The summed E-state index contributed by atoms with van der Waals surface area (Å²) in [6.45, 7) is -0.367. The van der Waals surface area contributed by atoms with E-state index in [9.17, 15) is 15.0 Å². The summed E-state index contributed by atoms with van der Waals surface area (Å²) in [4.78, 5) is 16.7. The van der Waals surface area contributed by atoms with Crippen molar-refractivity contribution in [2.24, 2.45) is 0 Å². The Morgan fingerprint density at radius 2 is 1.88 bits per heavy atom. The molecule has 3 N–H and O–H groups in total. The van der Waals surface area contributed by atoms with E-state index in [1.807, 2.05) is 24.3 Å². The van der Waals surface area contributed by atoms with Crippen LogP contribution in [0.15, 0.2) is 66.9 Å². The van der Waals surface area contributed by atoms with E-state index in [0.717, 1.165) is 5.39 Å². The van der Waals surface area contributed by atoms with Crippen molar-refractivity contribution in [1.82, 2.24) is 10.3 Å². The number of aliphatic hydroxyl groups excluding tert-OH is 2. The summed E-state index contributed by atoms with van der Waals surface area (Å²) in [6.07, 6.45) is 0.679. The van der Waals surface area contributed by atoms with E-state index in [2.05, 4.69) is 10.3 Å². The second-order valence-electron chi connectivity index (χ2n) is 5.53. The Bertz CT molecular complexity index is 836. The number of carbonyl (C=O) groups is 1. The van der Waals surface area contributed by atoms with Crippen molar-refractivity contribution in [2.45, 2.75) is 12.1 Å². The third kappa shape index (κ3) is 3.42. The fourth-order valence-electron chi connectivity index (χ4n) is 2.57. The monoisotopic (exact) mass is 322 g/mol. The third-order valence-corrected chi connectivity index (χ3v) is 3.90. The predicted molar refractivity (Wildman–Crippen MR) is 91.5 cm³/mol. The van der Waals surface area contributed by atoms with Crippen LogP contribution in [0.5, 0.6) is 0 Å². The highest BCUT2D eigenvalue weighted by molar-refractivity contribution is 5.97. The number of carbonyl (C=O) groups excluding carboxylic acids is 1. The van der Waals surface area contributed by atoms with Crippen LogP contribution in [0, 0.1) is 0 Å². The van der Waals surface area contributed by atoms with E-state index in [4.69, 9.17) is 0 Å². The molecular weight excluding hydrogens is 304 g/mol. The van der Waals surface area contributed by atoms with Crippen LogP contribution < -0.4 is 5.32 Å². The van der Waals surface area contributed by atoms with Crippen LogP contribution >= 0.6 is 0 Å². The predicted octanol–water partition coefficient (Wildman–Crippen LogP) is 2.06. The molecule has 0 aliphatic carbocycles. The van der Waals surface area contributed by atoms with Gasteiger partial charge in [-0.1, -0.05) is 42.5 Å². The van der Waals surface area contributed by atoms with Gasteiger partial charge in [-0.2, -0.15) is 0 Å². The van der Waals surface area contributed by atoms with E-state index in [1.165, 1.54) is 0 Å². The van der Waals surface area contributed by atoms with Crippen molar-refractivity contribution >= 4 is 16.8 Å². The van der Waals surface area contributed by atoms with Gasteiger partial charge < -0.3 is 15.5 Å². The summed E-state index contributed by atoms with van der Waals surface area (Å²) < 4.78 is 0. The molecule has 5 nitrogen and oxygen atoms in total. The van der Waals surface area contributed by atoms with Gasteiger partial charge in [-0.3, -0.25) is 9.78 Å². The molecule has 2 atom stereocenters. The molecular formula is C19H18N2O3. The number of aromatic nitrogens is 1. The van der Waals surface area contributed by atoms with E-state index in [-0.39, 0.29) is 12.5 Å². The zero-order valence-corrected chi connectivity index (χ0v) is 13.0. The lowest BCUT2D eigenvalue weighted by Gasteiger charge is -2.22. The van der Waals surface area contributed by atoms with Gasteiger partial charge in [0.05, 0.1) is 18.2 Å². The van der Waals surface area contributed by atoms with Gasteiger partial charge in [-0.25, -0.2) is 0 Å². The Balaban J connectivity index is 1.78. The highest BCUT2D eigenvalue weighted by atomic mass is 16.3. The van der Waals surface area contributed by atoms with Crippen molar-refractivity contribution in [3.8, 4) is 0 Å². The Kier molecular flexibility index (Phi) is 4.84. The van der Waals surface area contributed by atoms with Crippen LogP contribution in [0.3, 0.4) is 0 Å². The molecule has 1 heterocycles. The minimum Gasteiger partial charge on any atom is -0.394 e. The lowest BCUT2D eigenvalue weighted by Crippen LogP contribution is -2.41. The number of nitrogens with zero attached hydrogens (tertiary/aromatic N) is 1. The average molecular weight is 322 g/mol. The van der Waals surface area contributed by atoms with Crippen LogP contribution in [0.25, 0.3) is 10.9 Å². The number of rotatable bonds is 5. The van der Waals surface area contributed by atoms with Crippen molar-refractivity contribution < 1.29 is 15.0 Å². The molecule has 1 amide bonds. The first kappa shape index (κ1) is 16.1. The molecule has 0 spiro atoms. The summed E-state index contributed by atoms with van der Waals surface area (Å²) in [5, 5.41) is 23.5. The van der Waals surface area contributed by atoms with Gasteiger partial charge in [0.15, 0.2) is 0 Å². The molecule has 0 aliphatic rings. The van der Waals surface area contributed by atoms with Gasteiger partial charge in [0.25, 0.3) is 5.91 Å². The van der Waals surface area contributed by atoms with E-state index in [1.54, 1.807) is 42.6 Å². The highest BCUT2D eigenvalue weighted by Gasteiger charge is 2.22. The second-order valence-corrected chi connectivity index (χ2v) is 5.53. The van der Waals surface area contributed by atoms with Crippen LogP contribution in [-0.4, -0.2) is 33.8 Å². The van der Waals surface area contributed by atoms with Crippen LogP contribution in [0.4, 0.5) is 0 Å². The van der Waals surface area contributed by atoms with Gasteiger partial charge in [-0.15, -0.1) is 0 Å². The number of hydrogen-bond acceptors (Lipinski definition) is 4. The van der Waals surface area contributed by atoms with Gasteiger partial charge >= 0.3 is 0 Å². The maximum absolute atomic E-state index is 12.4. The Morgan fingerprint density at radius 1 is 1.08 bits per heavy atom. The zero-order chi connectivity index (χ0) is 16.9. The number of aliphatic hydroxyl groups is 2. The first-order valence-corrected chi connectivity index (χ1v) is 7.68. The lowest BCUT2D eigenvalue weighted by molar-refractivity contribution is 0.0703. The van der Waals surface area contributed by atoms with Crippen molar-refractivity contribution in [3.63, 3.8) is 0 Å². The summed E-state index contributed by atoms with van der Waals surface area (Å²) in [6, 6.07) is 17.1. The molecule has 122 valence electrons. The fourth-order valence-corrected chi connectivity index (χ4v) is 2.57. The number of nitrogens with one attached hydrogen (secondary N) is 1. The fraction of sp³-hybridized carbons (Fsp3) is 0.158. The van der Waals surface area contributed by atoms with Gasteiger partial charge in [0.2, 0.25) is 0 Å².